The Labute approximate surface area is 138 Å². The van der Waals surface area contributed by atoms with E-state index in [1.54, 1.807) is 36.8 Å². The Morgan fingerprint density at radius 1 is 1.08 bits per heavy atom. The van der Waals surface area contributed by atoms with Crippen molar-refractivity contribution in [2.24, 2.45) is 0 Å². The van der Waals surface area contributed by atoms with Crippen molar-refractivity contribution in [3.05, 3.63) is 77.1 Å². The normalized spacial score (nSPS) is 10.3. The number of amides is 1. The van der Waals surface area contributed by atoms with Gasteiger partial charge in [0.05, 0.1) is 17.9 Å². The smallest absolute Gasteiger partial charge is 0.267 e. The lowest BCUT2D eigenvalue weighted by molar-refractivity contribution is -0.122. The van der Waals surface area contributed by atoms with Crippen LogP contribution in [-0.2, 0) is 17.9 Å². The number of nitrogens with zero attached hydrogens (tertiary/aromatic N) is 4. The molecule has 0 aliphatic carbocycles. The maximum atomic E-state index is 12.0. The highest BCUT2D eigenvalue weighted by molar-refractivity contribution is 5.75. The lowest BCUT2D eigenvalue weighted by atomic mass is 10.2. The van der Waals surface area contributed by atoms with Gasteiger partial charge in [-0.05, 0) is 30.3 Å². The van der Waals surface area contributed by atoms with E-state index in [-0.39, 0.29) is 18.0 Å². The molecule has 3 aromatic heterocycles. The summed E-state index contributed by atoms with van der Waals surface area (Å²) >= 11 is 0. The van der Waals surface area contributed by atoms with Crippen LogP contribution >= 0.6 is 0 Å². The van der Waals surface area contributed by atoms with Gasteiger partial charge in [0.2, 0.25) is 5.91 Å². The van der Waals surface area contributed by atoms with E-state index in [4.69, 9.17) is 0 Å². The van der Waals surface area contributed by atoms with Gasteiger partial charge in [-0.2, -0.15) is 5.10 Å². The van der Waals surface area contributed by atoms with Gasteiger partial charge in [-0.1, -0.05) is 6.07 Å². The SMILES string of the molecule is O=C(Cn1nc(-c2cccnc2)ccc1=O)NCc1ccccn1. The predicted molar refractivity (Wildman–Crippen MR) is 87.8 cm³/mol. The molecule has 1 amide bonds. The summed E-state index contributed by atoms with van der Waals surface area (Å²) in [5, 5.41) is 6.95. The molecule has 0 saturated carbocycles. The van der Waals surface area contributed by atoms with Crippen LogP contribution in [0.15, 0.2) is 65.8 Å². The molecule has 0 aliphatic rings. The zero-order valence-electron chi connectivity index (χ0n) is 12.8. The Bertz CT molecular complexity index is 878. The van der Waals surface area contributed by atoms with Crippen LogP contribution in [0.3, 0.4) is 0 Å². The van der Waals surface area contributed by atoms with Crippen LogP contribution in [0.1, 0.15) is 5.69 Å². The third-order valence-electron chi connectivity index (χ3n) is 3.31. The fourth-order valence-corrected chi connectivity index (χ4v) is 2.11. The van der Waals surface area contributed by atoms with E-state index in [1.165, 1.54) is 6.07 Å². The summed E-state index contributed by atoms with van der Waals surface area (Å²) in [5.74, 6) is -0.307. The number of carbonyl (C=O) groups is 1. The summed E-state index contributed by atoms with van der Waals surface area (Å²) in [6.07, 6.45) is 4.97. The van der Waals surface area contributed by atoms with Crippen molar-refractivity contribution < 1.29 is 4.79 Å². The van der Waals surface area contributed by atoms with Gasteiger partial charge in [-0.15, -0.1) is 0 Å². The van der Waals surface area contributed by atoms with Crippen LogP contribution in [0, 0.1) is 0 Å². The van der Waals surface area contributed by atoms with Gasteiger partial charge in [-0.3, -0.25) is 19.6 Å². The minimum Gasteiger partial charge on any atom is -0.349 e. The molecule has 0 bridgehead atoms. The topological polar surface area (TPSA) is 89.8 Å². The molecule has 0 radical (unpaired) electrons. The molecule has 0 fully saturated rings. The number of pyridine rings is 2. The van der Waals surface area contributed by atoms with Crippen LogP contribution in [0.25, 0.3) is 11.3 Å². The van der Waals surface area contributed by atoms with Crippen LogP contribution in [0.5, 0.6) is 0 Å². The van der Waals surface area contributed by atoms with E-state index in [9.17, 15) is 9.59 Å². The first-order valence-electron chi connectivity index (χ1n) is 7.37. The molecule has 0 atom stereocenters. The van der Waals surface area contributed by atoms with Gasteiger partial charge >= 0.3 is 0 Å². The standard InChI is InChI=1S/C17H15N5O2/c23-16(20-11-14-5-1-2-9-19-14)12-22-17(24)7-6-15(21-22)13-4-3-8-18-10-13/h1-10H,11-12H2,(H,20,23). The van der Waals surface area contributed by atoms with Gasteiger partial charge < -0.3 is 5.32 Å². The molecule has 3 rings (SSSR count). The first kappa shape index (κ1) is 15.5. The van der Waals surface area contributed by atoms with Crippen LogP contribution in [-0.4, -0.2) is 25.7 Å². The van der Waals surface area contributed by atoms with E-state index in [0.717, 1.165) is 15.9 Å². The van der Waals surface area contributed by atoms with Gasteiger partial charge in [-0.25, -0.2) is 4.68 Å². The highest BCUT2D eigenvalue weighted by Gasteiger charge is 2.08. The first-order chi connectivity index (χ1) is 11.7. The average Bonchev–Trinajstić information content (AvgIpc) is 2.63. The quantitative estimate of drug-likeness (QED) is 0.757. The van der Waals surface area contributed by atoms with Gasteiger partial charge in [0.25, 0.3) is 5.56 Å². The van der Waals surface area contributed by atoms with Crippen molar-refractivity contribution in [1.82, 2.24) is 25.1 Å². The first-order valence-corrected chi connectivity index (χ1v) is 7.37. The number of hydrogen-bond donors (Lipinski definition) is 1. The summed E-state index contributed by atoms with van der Waals surface area (Å²) < 4.78 is 1.14. The number of nitrogens with one attached hydrogen (secondary N) is 1. The van der Waals surface area contributed by atoms with Crippen molar-refractivity contribution in [3.63, 3.8) is 0 Å². The number of rotatable bonds is 5. The fraction of sp³-hybridized carbons (Fsp3) is 0.118. The Morgan fingerprint density at radius 3 is 2.75 bits per heavy atom. The Kier molecular flexibility index (Phi) is 4.71. The molecule has 24 heavy (non-hydrogen) atoms. The average molecular weight is 321 g/mol. The summed E-state index contributed by atoms with van der Waals surface area (Å²) in [7, 11) is 0. The minimum absolute atomic E-state index is 0.153. The molecule has 7 nitrogen and oxygen atoms in total. The van der Waals surface area contributed by atoms with E-state index >= 15 is 0 Å². The Balaban J connectivity index is 1.70. The largest absolute Gasteiger partial charge is 0.349 e. The van der Waals surface area contributed by atoms with Crippen LogP contribution in [0.2, 0.25) is 0 Å². The Hall–Kier alpha value is -3.35. The van der Waals surface area contributed by atoms with Gasteiger partial charge in [0.15, 0.2) is 0 Å². The van der Waals surface area contributed by atoms with Crippen molar-refractivity contribution >= 4 is 5.91 Å². The van der Waals surface area contributed by atoms with E-state index in [0.29, 0.717) is 12.2 Å². The van der Waals surface area contributed by atoms with E-state index in [2.05, 4.69) is 20.4 Å². The van der Waals surface area contributed by atoms with Crippen LogP contribution in [0.4, 0.5) is 0 Å². The van der Waals surface area contributed by atoms with Crippen molar-refractivity contribution in [2.45, 2.75) is 13.1 Å². The molecule has 3 heterocycles. The Morgan fingerprint density at radius 2 is 2.00 bits per heavy atom. The monoisotopic (exact) mass is 321 g/mol. The summed E-state index contributed by atoms with van der Waals surface area (Å²) in [4.78, 5) is 32.1. The summed E-state index contributed by atoms with van der Waals surface area (Å²) in [5.41, 5.74) is 1.77. The molecule has 0 aliphatic heterocycles. The summed E-state index contributed by atoms with van der Waals surface area (Å²) in [6, 6.07) is 12.1. The molecular formula is C17H15N5O2. The zero-order valence-corrected chi connectivity index (χ0v) is 12.8. The molecule has 7 heteroatoms. The van der Waals surface area contributed by atoms with Crippen molar-refractivity contribution in [3.8, 4) is 11.3 Å². The number of aromatic nitrogens is 4. The van der Waals surface area contributed by atoms with E-state index < -0.39 is 0 Å². The highest BCUT2D eigenvalue weighted by atomic mass is 16.2. The molecule has 0 aromatic carbocycles. The lowest BCUT2D eigenvalue weighted by Gasteiger charge is -2.08. The lowest BCUT2D eigenvalue weighted by Crippen LogP contribution is -2.33. The molecule has 1 N–H and O–H groups in total. The second kappa shape index (κ2) is 7.28. The molecule has 120 valence electrons. The second-order valence-electron chi connectivity index (χ2n) is 5.05. The molecule has 0 saturated heterocycles. The molecule has 0 spiro atoms. The maximum absolute atomic E-state index is 12.0. The highest BCUT2D eigenvalue weighted by Crippen LogP contribution is 2.12. The van der Waals surface area contributed by atoms with Crippen LogP contribution < -0.4 is 10.9 Å². The number of carbonyl (C=O) groups excluding carboxylic acids is 1. The minimum atomic E-state index is -0.337. The fourth-order valence-electron chi connectivity index (χ4n) is 2.11. The maximum Gasteiger partial charge on any atom is 0.267 e. The van der Waals surface area contributed by atoms with Crippen molar-refractivity contribution in [2.75, 3.05) is 0 Å². The second-order valence-corrected chi connectivity index (χ2v) is 5.05. The third kappa shape index (κ3) is 3.89. The molecule has 0 unspecified atom stereocenters. The zero-order chi connectivity index (χ0) is 16.8. The van der Waals surface area contributed by atoms with Crippen molar-refractivity contribution in [1.29, 1.82) is 0 Å². The van der Waals surface area contributed by atoms with Gasteiger partial charge in [0.1, 0.15) is 6.54 Å². The van der Waals surface area contributed by atoms with Gasteiger partial charge in [0, 0.05) is 30.2 Å². The third-order valence-corrected chi connectivity index (χ3v) is 3.31. The number of hydrogen-bond acceptors (Lipinski definition) is 5. The van der Waals surface area contributed by atoms with E-state index in [1.807, 2.05) is 18.2 Å². The predicted octanol–water partition coefficient (Wildman–Crippen LogP) is 1.02. The summed E-state index contributed by atoms with van der Waals surface area (Å²) in [6.45, 7) is 0.149. The molecular weight excluding hydrogens is 306 g/mol. The molecule has 3 aromatic rings.